The van der Waals surface area contributed by atoms with Crippen LogP contribution < -0.4 is 0 Å². The number of nitrogens with zero attached hydrogens (tertiary/aromatic N) is 1. The van der Waals surface area contributed by atoms with Gasteiger partial charge in [0.05, 0.1) is 6.61 Å². The normalized spacial score (nSPS) is 23.3. The van der Waals surface area contributed by atoms with Crippen LogP contribution in [0.1, 0.15) is 49.7 Å². The molecule has 31 heavy (non-hydrogen) atoms. The van der Waals surface area contributed by atoms with E-state index < -0.39 is 17.8 Å². The Hall–Kier alpha value is -2.79. The van der Waals surface area contributed by atoms with Gasteiger partial charge in [0.2, 0.25) is 0 Å². The van der Waals surface area contributed by atoms with Crippen LogP contribution >= 0.6 is 11.6 Å². The molecule has 2 aromatic carbocycles. The molecule has 1 aliphatic carbocycles. The number of ketones is 1. The van der Waals surface area contributed by atoms with Gasteiger partial charge in [-0.05, 0) is 61.6 Å². The highest BCUT2D eigenvalue weighted by Crippen LogP contribution is 2.46. The zero-order valence-electron chi connectivity index (χ0n) is 17.4. The number of rotatable bonds is 4. The molecule has 0 bridgehead atoms. The summed E-state index contributed by atoms with van der Waals surface area (Å²) in [6.07, 6.45) is 0.912. The average molecular weight is 440 g/mol. The standard InChI is InChI=1S/C25H23ClFNO3/c1-3-31-25(30)22-14(2)28-20-12-17(15-4-8-18(26)9-5-15)13-21(29)24(20)23(22)16-6-10-19(27)11-7-16/h4-11,17,22-23H,3,12-13H2,1-2H3/t17-,22?,23+/m0/s1. The van der Waals surface area contributed by atoms with Crippen LogP contribution in [0.2, 0.25) is 5.02 Å². The molecule has 0 spiro atoms. The van der Waals surface area contributed by atoms with Crippen molar-refractivity contribution in [3.05, 3.63) is 81.8 Å². The second kappa shape index (κ2) is 8.75. The molecule has 0 amide bonds. The van der Waals surface area contributed by atoms with Crippen molar-refractivity contribution < 1.29 is 18.7 Å². The molecule has 1 heterocycles. The van der Waals surface area contributed by atoms with Gasteiger partial charge in [0, 0.05) is 34.3 Å². The zero-order valence-corrected chi connectivity index (χ0v) is 18.2. The highest BCUT2D eigenvalue weighted by Gasteiger charge is 2.44. The van der Waals surface area contributed by atoms with Gasteiger partial charge in [-0.3, -0.25) is 14.6 Å². The Labute approximate surface area is 185 Å². The number of carbonyl (C=O) groups is 2. The van der Waals surface area contributed by atoms with Crippen molar-refractivity contribution >= 4 is 29.1 Å². The molecule has 0 fully saturated rings. The Balaban J connectivity index is 1.78. The molecule has 4 rings (SSSR count). The minimum Gasteiger partial charge on any atom is -0.465 e. The van der Waals surface area contributed by atoms with Gasteiger partial charge < -0.3 is 4.74 Å². The van der Waals surface area contributed by atoms with Crippen molar-refractivity contribution in [3.63, 3.8) is 0 Å². The molecule has 160 valence electrons. The lowest BCUT2D eigenvalue weighted by Gasteiger charge is -2.36. The van der Waals surface area contributed by atoms with Crippen LogP contribution in [0.4, 0.5) is 4.39 Å². The molecule has 1 unspecified atom stereocenters. The van der Waals surface area contributed by atoms with Crippen LogP contribution in [-0.2, 0) is 14.3 Å². The van der Waals surface area contributed by atoms with Crippen LogP contribution in [0.3, 0.4) is 0 Å². The van der Waals surface area contributed by atoms with Crippen LogP contribution in [0.25, 0.3) is 0 Å². The molecule has 1 aliphatic heterocycles. The molecule has 0 aromatic heterocycles. The summed E-state index contributed by atoms with van der Waals surface area (Å²) >= 11 is 6.01. The Bertz CT molecular complexity index is 1070. The van der Waals surface area contributed by atoms with Crippen molar-refractivity contribution in [1.82, 2.24) is 0 Å². The van der Waals surface area contributed by atoms with E-state index in [-0.39, 0.29) is 24.1 Å². The molecule has 0 saturated heterocycles. The van der Waals surface area contributed by atoms with Gasteiger partial charge in [-0.15, -0.1) is 0 Å². The fraction of sp³-hybridized carbons (Fsp3) is 0.320. The third kappa shape index (κ3) is 4.19. The number of halogens is 2. The number of esters is 1. The van der Waals surface area contributed by atoms with Gasteiger partial charge in [0.1, 0.15) is 11.7 Å². The fourth-order valence-electron chi connectivity index (χ4n) is 4.60. The number of aliphatic imine (C=N–C) groups is 1. The van der Waals surface area contributed by atoms with E-state index in [0.29, 0.717) is 40.4 Å². The molecule has 2 aromatic rings. The first-order chi connectivity index (χ1) is 14.9. The molecule has 6 heteroatoms. The Morgan fingerprint density at radius 3 is 2.39 bits per heavy atom. The van der Waals surface area contributed by atoms with E-state index >= 15 is 0 Å². The second-order valence-corrected chi connectivity index (χ2v) is 8.39. The Morgan fingerprint density at radius 1 is 1.10 bits per heavy atom. The first-order valence-corrected chi connectivity index (χ1v) is 10.8. The number of benzene rings is 2. The van der Waals surface area contributed by atoms with E-state index in [2.05, 4.69) is 0 Å². The molecule has 2 aliphatic rings. The number of carbonyl (C=O) groups excluding carboxylic acids is 2. The topological polar surface area (TPSA) is 55.7 Å². The number of ether oxygens (including phenoxy) is 1. The van der Waals surface area contributed by atoms with Gasteiger partial charge >= 0.3 is 5.97 Å². The average Bonchev–Trinajstić information content (AvgIpc) is 2.74. The largest absolute Gasteiger partial charge is 0.465 e. The maximum Gasteiger partial charge on any atom is 0.315 e. The Kier molecular flexibility index (Phi) is 6.05. The van der Waals surface area contributed by atoms with Gasteiger partial charge in [-0.2, -0.15) is 0 Å². The molecular weight excluding hydrogens is 417 g/mol. The maximum atomic E-state index is 13.6. The van der Waals surface area contributed by atoms with Gasteiger partial charge in [0.25, 0.3) is 0 Å². The lowest BCUT2D eigenvalue weighted by Crippen LogP contribution is -2.38. The van der Waals surface area contributed by atoms with E-state index in [1.54, 1.807) is 26.0 Å². The van der Waals surface area contributed by atoms with E-state index in [1.165, 1.54) is 12.1 Å². The minimum absolute atomic E-state index is 0.00641. The van der Waals surface area contributed by atoms with Gasteiger partial charge in [-0.25, -0.2) is 4.39 Å². The lowest BCUT2D eigenvalue weighted by atomic mass is 9.69. The van der Waals surface area contributed by atoms with E-state index in [4.69, 9.17) is 21.3 Å². The number of allylic oxidation sites excluding steroid dienone is 2. The predicted octanol–water partition coefficient (Wildman–Crippen LogP) is 5.62. The molecular formula is C25H23ClFNO3. The highest BCUT2D eigenvalue weighted by atomic mass is 35.5. The van der Waals surface area contributed by atoms with Crippen LogP contribution in [0.15, 0.2) is 64.8 Å². The summed E-state index contributed by atoms with van der Waals surface area (Å²) in [7, 11) is 0. The summed E-state index contributed by atoms with van der Waals surface area (Å²) in [5, 5.41) is 0.644. The summed E-state index contributed by atoms with van der Waals surface area (Å²) in [4.78, 5) is 30.9. The molecule has 0 radical (unpaired) electrons. The van der Waals surface area contributed by atoms with E-state index in [9.17, 15) is 14.0 Å². The van der Waals surface area contributed by atoms with Gasteiger partial charge in [0.15, 0.2) is 5.78 Å². The predicted molar refractivity (Wildman–Crippen MR) is 118 cm³/mol. The maximum absolute atomic E-state index is 13.6. The Morgan fingerprint density at radius 2 is 1.74 bits per heavy atom. The van der Waals surface area contributed by atoms with Crippen molar-refractivity contribution in [1.29, 1.82) is 0 Å². The van der Waals surface area contributed by atoms with Crippen molar-refractivity contribution in [3.8, 4) is 0 Å². The second-order valence-electron chi connectivity index (χ2n) is 7.95. The van der Waals surface area contributed by atoms with Crippen LogP contribution in [0.5, 0.6) is 0 Å². The third-order valence-corrected chi connectivity index (χ3v) is 6.25. The van der Waals surface area contributed by atoms with Gasteiger partial charge in [-0.1, -0.05) is 35.9 Å². The minimum atomic E-state index is -0.708. The third-order valence-electron chi connectivity index (χ3n) is 6.00. The first-order valence-electron chi connectivity index (χ1n) is 10.4. The molecule has 0 N–H and O–H groups in total. The van der Waals surface area contributed by atoms with E-state index in [1.807, 2.05) is 24.3 Å². The van der Waals surface area contributed by atoms with Crippen LogP contribution in [0, 0.1) is 11.7 Å². The number of Topliss-reactive ketones (excluding diaryl/α,β-unsaturated/α-hetero) is 1. The van der Waals surface area contributed by atoms with Crippen molar-refractivity contribution in [2.24, 2.45) is 10.9 Å². The van der Waals surface area contributed by atoms with Crippen LogP contribution in [-0.4, -0.2) is 24.1 Å². The smallest absolute Gasteiger partial charge is 0.315 e. The molecule has 0 saturated carbocycles. The lowest BCUT2D eigenvalue weighted by molar-refractivity contribution is -0.146. The van der Waals surface area contributed by atoms with Crippen molar-refractivity contribution in [2.75, 3.05) is 6.61 Å². The fourth-order valence-corrected chi connectivity index (χ4v) is 4.72. The highest BCUT2D eigenvalue weighted by molar-refractivity contribution is 6.30. The monoisotopic (exact) mass is 439 g/mol. The number of hydrogen-bond acceptors (Lipinski definition) is 4. The molecule has 3 atom stereocenters. The quantitative estimate of drug-likeness (QED) is 0.581. The summed E-state index contributed by atoms with van der Waals surface area (Å²) in [5.41, 5.74) is 3.59. The first kappa shape index (κ1) is 21.4. The summed E-state index contributed by atoms with van der Waals surface area (Å²) < 4.78 is 18.9. The number of hydrogen-bond donors (Lipinski definition) is 0. The SMILES string of the molecule is CCOC(=O)C1C(C)=NC2=C(C(=O)C[C@@H](c3ccc(Cl)cc3)C2)[C@@H]1c1ccc(F)cc1. The summed E-state index contributed by atoms with van der Waals surface area (Å²) in [5.74, 6) is -2.08. The van der Waals surface area contributed by atoms with Crippen molar-refractivity contribution in [2.45, 2.75) is 38.5 Å². The zero-order chi connectivity index (χ0) is 22.1. The summed E-state index contributed by atoms with van der Waals surface area (Å²) in [6, 6.07) is 13.5. The summed E-state index contributed by atoms with van der Waals surface area (Å²) in [6.45, 7) is 3.77. The van der Waals surface area contributed by atoms with E-state index in [0.717, 1.165) is 5.56 Å². The molecule has 4 nitrogen and oxygen atoms in total.